The second-order valence-corrected chi connectivity index (χ2v) is 9.64. The second kappa shape index (κ2) is 7.11. The van der Waals surface area contributed by atoms with Crippen LogP contribution in [-0.4, -0.2) is 42.9 Å². The molecule has 0 aromatic carbocycles. The van der Waals surface area contributed by atoms with Crippen LogP contribution in [0.4, 0.5) is 0 Å². The normalized spacial score (nSPS) is 21.8. The lowest BCUT2D eigenvalue weighted by atomic mass is 10.1. The zero-order valence-electron chi connectivity index (χ0n) is 13.9. The van der Waals surface area contributed by atoms with Crippen LogP contribution in [0, 0.1) is 0 Å². The molecule has 2 aliphatic heterocycles. The molecule has 2 aliphatic rings. The largest absolute Gasteiger partial charge is 0.478 e. The highest BCUT2D eigenvalue weighted by Crippen LogP contribution is 2.38. The Kier molecular flexibility index (Phi) is 5.29. The number of hydrogen-bond acceptors (Lipinski definition) is 5. The highest BCUT2D eigenvalue weighted by molar-refractivity contribution is 7.91. The maximum Gasteiger partial charge on any atom is 0.338 e. The van der Waals surface area contributed by atoms with Crippen molar-refractivity contribution in [2.24, 2.45) is 0 Å². The Hall–Kier alpha value is -0.960. The molecule has 3 heterocycles. The zero-order chi connectivity index (χ0) is 17.3. The van der Waals surface area contributed by atoms with Gasteiger partial charge in [-0.05, 0) is 37.8 Å². The van der Waals surface area contributed by atoms with Crippen LogP contribution in [0.15, 0.2) is 4.21 Å². The summed E-state index contributed by atoms with van der Waals surface area (Å²) in [6.07, 6.45) is 5.17. The number of carbonyl (C=O) groups is 1. The molecule has 6 nitrogen and oxygen atoms in total. The third-order valence-corrected chi connectivity index (χ3v) is 8.55. The van der Waals surface area contributed by atoms with Crippen molar-refractivity contribution < 1.29 is 18.3 Å². The minimum Gasteiger partial charge on any atom is -0.478 e. The molecule has 0 amide bonds. The molecule has 8 heteroatoms. The predicted octanol–water partition coefficient (Wildman–Crippen LogP) is 2.44. The third kappa shape index (κ3) is 3.12. The van der Waals surface area contributed by atoms with Gasteiger partial charge in [-0.15, -0.1) is 11.3 Å². The molecule has 1 aromatic heterocycles. The molecule has 0 radical (unpaired) electrons. The van der Waals surface area contributed by atoms with E-state index in [0.29, 0.717) is 31.6 Å². The van der Waals surface area contributed by atoms with Gasteiger partial charge in [0.1, 0.15) is 4.21 Å². The molecule has 1 saturated heterocycles. The first-order chi connectivity index (χ1) is 11.5. The van der Waals surface area contributed by atoms with Gasteiger partial charge >= 0.3 is 5.97 Å². The van der Waals surface area contributed by atoms with Crippen LogP contribution in [0.3, 0.4) is 0 Å². The molecule has 1 fully saturated rings. The molecule has 1 atom stereocenters. The smallest absolute Gasteiger partial charge is 0.338 e. The van der Waals surface area contributed by atoms with E-state index in [1.165, 1.54) is 0 Å². The fourth-order valence-electron chi connectivity index (χ4n) is 3.67. The van der Waals surface area contributed by atoms with Gasteiger partial charge < -0.3 is 10.4 Å². The number of unbranched alkanes of at least 4 members (excludes halogenated alkanes) is 1. The molecule has 0 saturated carbocycles. The van der Waals surface area contributed by atoms with Crippen LogP contribution in [0.25, 0.3) is 0 Å². The van der Waals surface area contributed by atoms with Gasteiger partial charge in [-0.2, -0.15) is 4.31 Å². The van der Waals surface area contributed by atoms with Crippen molar-refractivity contribution in [2.45, 2.75) is 62.2 Å². The summed E-state index contributed by atoms with van der Waals surface area (Å²) >= 11 is 1.14. The number of sulfonamides is 1. The van der Waals surface area contributed by atoms with Gasteiger partial charge in [0.2, 0.25) is 0 Å². The van der Waals surface area contributed by atoms with Gasteiger partial charge in [-0.3, -0.25) is 0 Å². The summed E-state index contributed by atoms with van der Waals surface area (Å²) in [6.45, 7) is 3.83. The lowest BCUT2D eigenvalue weighted by molar-refractivity contribution is 0.0692. The number of aromatic carboxylic acids is 1. The molecular weight excluding hydrogens is 348 g/mol. The van der Waals surface area contributed by atoms with Crippen molar-refractivity contribution >= 4 is 27.3 Å². The van der Waals surface area contributed by atoms with E-state index in [-0.39, 0.29) is 15.8 Å². The minimum atomic E-state index is -3.74. The molecule has 24 heavy (non-hydrogen) atoms. The lowest BCUT2D eigenvalue weighted by Crippen LogP contribution is -2.35. The number of carboxylic acid groups (broad SMARTS) is 1. The topological polar surface area (TPSA) is 86.7 Å². The number of rotatable bonds is 6. The molecule has 0 aliphatic carbocycles. The van der Waals surface area contributed by atoms with E-state index >= 15 is 0 Å². The van der Waals surface area contributed by atoms with Crippen molar-refractivity contribution in [3.05, 3.63) is 16.0 Å². The van der Waals surface area contributed by atoms with E-state index in [2.05, 4.69) is 12.2 Å². The van der Waals surface area contributed by atoms with E-state index < -0.39 is 16.0 Å². The highest BCUT2D eigenvalue weighted by atomic mass is 32.2. The molecule has 0 bridgehead atoms. The first-order valence-electron chi connectivity index (χ1n) is 8.57. The Morgan fingerprint density at radius 2 is 2.25 bits per heavy atom. The predicted molar refractivity (Wildman–Crippen MR) is 93.1 cm³/mol. The maximum absolute atomic E-state index is 13.2. The number of thiophene rings is 1. The van der Waals surface area contributed by atoms with E-state index in [4.69, 9.17) is 0 Å². The first-order valence-corrected chi connectivity index (χ1v) is 10.8. The number of carboxylic acids is 1. The molecule has 134 valence electrons. The van der Waals surface area contributed by atoms with E-state index in [1.807, 2.05) is 0 Å². The number of hydrogen-bond donors (Lipinski definition) is 2. The van der Waals surface area contributed by atoms with Crippen LogP contribution in [-0.2, 0) is 23.0 Å². The lowest BCUT2D eigenvalue weighted by Gasteiger charge is -2.23. The van der Waals surface area contributed by atoms with Crippen molar-refractivity contribution in [3.63, 3.8) is 0 Å². The van der Waals surface area contributed by atoms with E-state index in [9.17, 15) is 18.3 Å². The summed E-state index contributed by atoms with van der Waals surface area (Å²) in [5, 5.41) is 12.8. The molecule has 1 aromatic rings. The summed E-state index contributed by atoms with van der Waals surface area (Å²) in [7, 11) is -3.74. The van der Waals surface area contributed by atoms with E-state index in [0.717, 1.165) is 48.3 Å². The Morgan fingerprint density at radius 3 is 2.96 bits per heavy atom. The quantitative estimate of drug-likeness (QED) is 0.801. The van der Waals surface area contributed by atoms with Crippen LogP contribution in [0.1, 0.15) is 59.8 Å². The second-order valence-electron chi connectivity index (χ2n) is 6.45. The van der Waals surface area contributed by atoms with Crippen molar-refractivity contribution in [2.75, 3.05) is 13.1 Å². The Balaban J connectivity index is 2.00. The first kappa shape index (κ1) is 17.8. The third-order valence-electron chi connectivity index (χ3n) is 4.87. The van der Waals surface area contributed by atoms with Crippen LogP contribution >= 0.6 is 11.3 Å². The summed E-state index contributed by atoms with van der Waals surface area (Å²) in [4.78, 5) is 12.6. The molecule has 0 spiro atoms. The van der Waals surface area contributed by atoms with Crippen LogP contribution in [0.2, 0.25) is 0 Å². The maximum atomic E-state index is 13.2. The molecule has 0 unspecified atom stereocenters. The number of nitrogens with zero attached hydrogens (tertiary/aromatic N) is 1. The summed E-state index contributed by atoms with van der Waals surface area (Å²) in [5.41, 5.74) is 0.715. The van der Waals surface area contributed by atoms with Gasteiger partial charge in [0.25, 0.3) is 10.0 Å². The van der Waals surface area contributed by atoms with Crippen molar-refractivity contribution in [1.82, 2.24) is 9.62 Å². The van der Waals surface area contributed by atoms with Gasteiger partial charge in [-0.25, -0.2) is 13.2 Å². The Bertz CT molecular complexity index is 727. The zero-order valence-corrected chi connectivity index (χ0v) is 15.5. The molecular formula is C16H24N2O4S2. The fourth-order valence-corrected chi connectivity index (χ4v) is 7.37. The average Bonchev–Trinajstić information content (AvgIpc) is 3.17. The van der Waals surface area contributed by atoms with Gasteiger partial charge in [0, 0.05) is 24.0 Å². The van der Waals surface area contributed by atoms with Crippen LogP contribution < -0.4 is 5.32 Å². The number of nitrogens with one attached hydrogen (secondary N) is 1. The Morgan fingerprint density at radius 1 is 1.46 bits per heavy atom. The molecule has 2 N–H and O–H groups in total. The standard InChI is InChI=1S/C16H24N2O4S2/c1-2-3-5-11-6-4-9-18(11)24(21,22)16-14(15(19)20)12-7-8-17-10-13(12)23-16/h11,17H,2-10H2,1H3,(H,19,20)/t11-/m0/s1. The van der Waals surface area contributed by atoms with Crippen LogP contribution in [0.5, 0.6) is 0 Å². The fraction of sp³-hybridized carbons (Fsp3) is 0.688. The van der Waals surface area contributed by atoms with E-state index in [1.54, 1.807) is 4.31 Å². The highest BCUT2D eigenvalue weighted by Gasteiger charge is 2.40. The summed E-state index contributed by atoms with van der Waals surface area (Å²) in [6, 6.07) is 0.00819. The molecule has 3 rings (SSSR count). The number of fused-ring (bicyclic) bond motifs is 1. The minimum absolute atomic E-state index is 0.00819. The van der Waals surface area contributed by atoms with Gasteiger partial charge in [0.15, 0.2) is 0 Å². The monoisotopic (exact) mass is 372 g/mol. The van der Waals surface area contributed by atoms with Gasteiger partial charge in [0.05, 0.1) is 5.56 Å². The Labute approximate surface area is 146 Å². The van der Waals surface area contributed by atoms with Crippen molar-refractivity contribution in [1.29, 1.82) is 0 Å². The SMILES string of the molecule is CCCC[C@H]1CCCN1S(=O)(=O)c1sc2c(c1C(=O)O)CCNC2. The van der Waals surface area contributed by atoms with Gasteiger partial charge in [-0.1, -0.05) is 19.8 Å². The van der Waals surface area contributed by atoms with Crippen molar-refractivity contribution in [3.8, 4) is 0 Å². The summed E-state index contributed by atoms with van der Waals surface area (Å²) in [5.74, 6) is -1.13. The average molecular weight is 373 g/mol. The summed E-state index contributed by atoms with van der Waals surface area (Å²) < 4.78 is 28.0.